The maximum atomic E-state index is 9.57. The number of benzene rings is 1. The molecule has 20 heavy (non-hydrogen) atoms. The van der Waals surface area contributed by atoms with Gasteiger partial charge in [-0.3, -0.25) is 0 Å². The summed E-state index contributed by atoms with van der Waals surface area (Å²) in [6.07, 6.45) is 3.75. The van der Waals surface area contributed by atoms with Crippen LogP contribution in [0.25, 0.3) is 22.2 Å². The number of nitrogens with zero attached hydrogens (tertiary/aromatic N) is 2. The van der Waals surface area contributed by atoms with E-state index in [0.29, 0.717) is 0 Å². The fourth-order valence-electron chi connectivity index (χ4n) is 2.54. The van der Waals surface area contributed by atoms with Gasteiger partial charge in [-0.2, -0.15) is 0 Å². The van der Waals surface area contributed by atoms with Crippen LogP contribution in [-0.4, -0.2) is 19.8 Å². The van der Waals surface area contributed by atoms with Crippen LogP contribution in [0.2, 0.25) is 0 Å². The van der Waals surface area contributed by atoms with Crippen molar-refractivity contribution in [1.82, 2.24) is 9.55 Å². The highest BCUT2D eigenvalue weighted by Crippen LogP contribution is 2.31. The third-order valence-electron chi connectivity index (χ3n) is 3.58. The minimum Gasteiger partial charge on any atom is -0.392 e. The van der Waals surface area contributed by atoms with Crippen LogP contribution in [0, 0.1) is 0 Å². The molecule has 4 heteroatoms. The van der Waals surface area contributed by atoms with Gasteiger partial charge in [0.25, 0.3) is 0 Å². The Balaban J connectivity index is 2.25. The maximum absolute atomic E-state index is 9.57. The van der Waals surface area contributed by atoms with E-state index in [9.17, 15) is 10.2 Å². The molecule has 102 valence electrons. The molecular formula is C16H16N2O2. The highest BCUT2D eigenvalue weighted by atomic mass is 16.3. The third-order valence-corrected chi connectivity index (χ3v) is 3.58. The van der Waals surface area contributed by atoms with Gasteiger partial charge >= 0.3 is 0 Å². The van der Waals surface area contributed by atoms with Crippen molar-refractivity contribution in [3.8, 4) is 11.1 Å². The average molecular weight is 268 g/mol. The van der Waals surface area contributed by atoms with E-state index in [1.54, 1.807) is 6.20 Å². The molecule has 0 aliphatic carbocycles. The van der Waals surface area contributed by atoms with Crippen LogP contribution in [0.5, 0.6) is 0 Å². The van der Waals surface area contributed by atoms with E-state index in [1.165, 1.54) is 0 Å². The molecular weight excluding hydrogens is 252 g/mol. The van der Waals surface area contributed by atoms with Crippen LogP contribution >= 0.6 is 0 Å². The summed E-state index contributed by atoms with van der Waals surface area (Å²) in [4.78, 5) is 4.38. The molecule has 3 rings (SSSR count). The van der Waals surface area contributed by atoms with Gasteiger partial charge in [0.1, 0.15) is 5.65 Å². The molecule has 2 aromatic heterocycles. The number of pyridine rings is 1. The van der Waals surface area contributed by atoms with Gasteiger partial charge in [-0.15, -0.1) is 0 Å². The Morgan fingerprint density at radius 1 is 1.05 bits per heavy atom. The van der Waals surface area contributed by atoms with E-state index < -0.39 is 0 Å². The van der Waals surface area contributed by atoms with Gasteiger partial charge in [0.2, 0.25) is 0 Å². The second-order valence-corrected chi connectivity index (χ2v) is 4.83. The fraction of sp³-hybridized carbons (Fsp3) is 0.188. The van der Waals surface area contributed by atoms with Gasteiger partial charge in [0.05, 0.1) is 13.2 Å². The van der Waals surface area contributed by atoms with E-state index in [-0.39, 0.29) is 13.2 Å². The predicted octanol–water partition coefficient (Wildman–Crippen LogP) is 2.22. The van der Waals surface area contributed by atoms with Crippen molar-refractivity contribution in [2.75, 3.05) is 0 Å². The van der Waals surface area contributed by atoms with Gasteiger partial charge in [0.15, 0.2) is 0 Å². The van der Waals surface area contributed by atoms with Crippen LogP contribution in [0.15, 0.2) is 42.7 Å². The quantitative estimate of drug-likeness (QED) is 0.765. The molecule has 4 nitrogen and oxygen atoms in total. The van der Waals surface area contributed by atoms with E-state index in [1.807, 2.05) is 48.1 Å². The number of aryl methyl sites for hydroxylation is 1. The number of aliphatic hydroxyl groups excluding tert-OH is 2. The van der Waals surface area contributed by atoms with E-state index in [0.717, 1.165) is 33.3 Å². The first-order valence-corrected chi connectivity index (χ1v) is 6.48. The summed E-state index contributed by atoms with van der Waals surface area (Å²) in [7, 11) is 1.96. The third kappa shape index (κ3) is 1.99. The second-order valence-electron chi connectivity index (χ2n) is 4.83. The highest BCUT2D eigenvalue weighted by Gasteiger charge is 2.11. The first-order chi connectivity index (χ1) is 9.74. The minimum atomic E-state index is -0.0557. The van der Waals surface area contributed by atoms with Gasteiger partial charge in [-0.25, -0.2) is 4.98 Å². The Morgan fingerprint density at radius 3 is 2.65 bits per heavy atom. The largest absolute Gasteiger partial charge is 0.392 e. The predicted molar refractivity (Wildman–Crippen MR) is 78.0 cm³/mol. The molecule has 0 aliphatic heterocycles. The molecule has 1 aromatic carbocycles. The normalized spacial score (nSPS) is 11.2. The Morgan fingerprint density at radius 2 is 1.90 bits per heavy atom. The minimum absolute atomic E-state index is 0.0234. The van der Waals surface area contributed by atoms with E-state index in [4.69, 9.17) is 0 Å². The van der Waals surface area contributed by atoms with Crippen molar-refractivity contribution in [2.45, 2.75) is 13.2 Å². The van der Waals surface area contributed by atoms with Gasteiger partial charge in [-0.1, -0.05) is 18.2 Å². The van der Waals surface area contributed by atoms with Crippen molar-refractivity contribution in [1.29, 1.82) is 0 Å². The lowest BCUT2D eigenvalue weighted by Crippen LogP contribution is -1.94. The van der Waals surface area contributed by atoms with Crippen molar-refractivity contribution in [3.63, 3.8) is 0 Å². The van der Waals surface area contributed by atoms with E-state index in [2.05, 4.69) is 4.98 Å². The number of fused-ring (bicyclic) bond motifs is 1. The van der Waals surface area contributed by atoms with Crippen LogP contribution in [0.1, 0.15) is 11.1 Å². The molecule has 0 unspecified atom stereocenters. The van der Waals surface area contributed by atoms with E-state index >= 15 is 0 Å². The molecule has 0 saturated carbocycles. The van der Waals surface area contributed by atoms with Crippen molar-refractivity contribution >= 4 is 11.0 Å². The summed E-state index contributed by atoms with van der Waals surface area (Å²) in [6, 6.07) is 9.64. The first-order valence-electron chi connectivity index (χ1n) is 6.48. The lowest BCUT2D eigenvalue weighted by Gasteiger charge is -2.10. The average Bonchev–Trinajstić information content (AvgIpc) is 2.88. The summed E-state index contributed by atoms with van der Waals surface area (Å²) in [5.74, 6) is 0. The topological polar surface area (TPSA) is 58.3 Å². The Labute approximate surface area is 116 Å². The molecule has 0 aliphatic rings. The summed E-state index contributed by atoms with van der Waals surface area (Å²) >= 11 is 0. The number of hydrogen-bond acceptors (Lipinski definition) is 3. The Kier molecular flexibility index (Phi) is 3.26. The molecule has 0 fully saturated rings. The Bertz CT molecular complexity index is 762. The highest BCUT2D eigenvalue weighted by molar-refractivity contribution is 5.94. The number of aromatic nitrogens is 2. The zero-order valence-corrected chi connectivity index (χ0v) is 11.2. The standard InChI is InChI=1S/C16H16N2O2/c1-18-7-5-15-14(4-6-17-16(15)18)13-3-2-11(9-19)8-12(13)10-20/h2-8,19-20H,9-10H2,1H3. The van der Waals surface area contributed by atoms with Crippen LogP contribution < -0.4 is 0 Å². The first kappa shape index (κ1) is 12.8. The van der Waals surface area contributed by atoms with Crippen LogP contribution in [0.3, 0.4) is 0 Å². The summed E-state index contributed by atoms with van der Waals surface area (Å²) in [6.45, 7) is -0.0792. The van der Waals surface area contributed by atoms with Crippen LogP contribution in [0.4, 0.5) is 0 Å². The summed E-state index contributed by atoms with van der Waals surface area (Å²) < 4.78 is 1.97. The lowest BCUT2D eigenvalue weighted by molar-refractivity contribution is 0.276. The zero-order valence-electron chi connectivity index (χ0n) is 11.2. The smallest absolute Gasteiger partial charge is 0.140 e. The van der Waals surface area contributed by atoms with Gasteiger partial charge in [0, 0.05) is 24.8 Å². The molecule has 0 amide bonds. The Hall–Kier alpha value is -2.17. The number of hydrogen-bond donors (Lipinski definition) is 2. The molecule has 0 bridgehead atoms. The summed E-state index contributed by atoms with van der Waals surface area (Å²) in [5.41, 5.74) is 4.55. The SMILES string of the molecule is Cn1ccc2c(-c3ccc(CO)cc3CO)ccnc21. The monoisotopic (exact) mass is 268 g/mol. The second kappa shape index (κ2) is 5.07. The molecule has 0 spiro atoms. The van der Waals surface area contributed by atoms with Gasteiger partial charge < -0.3 is 14.8 Å². The fourth-order valence-corrected chi connectivity index (χ4v) is 2.54. The van der Waals surface area contributed by atoms with Crippen molar-refractivity contribution in [2.24, 2.45) is 7.05 Å². The number of aliphatic hydroxyl groups is 2. The molecule has 0 atom stereocenters. The van der Waals surface area contributed by atoms with Crippen LogP contribution in [-0.2, 0) is 20.3 Å². The zero-order chi connectivity index (χ0) is 14.1. The molecule has 2 N–H and O–H groups in total. The molecule has 0 saturated heterocycles. The molecule has 3 aromatic rings. The maximum Gasteiger partial charge on any atom is 0.140 e. The summed E-state index contributed by atoms with van der Waals surface area (Å²) in [5, 5.41) is 19.8. The van der Waals surface area contributed by atoms with Crippen molar-refractivity contribution in [3.05, 3.63) is 53.9 Å². The number of rotatable bonds is 3. The lowest BCUT2D eigenvalue weighted by atomic mass is 9.97. The molecule has 0 radical (unpaired) electrons. The van der Waals surface area contributed by atoms with Crippen molar-refractivity contribution < 1.29 is 10.2 Å². The van der Waals surface area contributed by atoms with Gasteiger partial charge in [-0.05, 0) is 34.4 Å². The molecule has 2 heterocycles.